The number of carbonyl (C=O) groups excluding carboxylic acids is 2. The second-order valence-electron chi connectivity index (χ2n) is 8.79. The molecular weight excluding hydrogens is 405 g/mol. The van der Waals surface area contributed by atoms with E-state index in [1.807, 2.05) is 37.3 Å². The van der Waals surface area contributed by atoms with Gasteiger partial charge in [-0.05, 0) is 54.2 Å². The minimum absolute atomic E-state index is 0.0177. The van der Waals surface area contributed by atoms with Crippen molar-refractivity contribution in [3.63, 3.8) is 0 Å². The van der Waals surface area contributed by atoms with E-state index in [0.29, 0.717) is 22.9 Å². The van der Waals surface area contributed by atoms with Crippen LogP contribution in [0.4, 0.5) is 5.69 Å². The third-order valence-corrected chi connectivity index (χ3v) is 6.30. The predicted octanol–water partition coefficient (Wildman–Crippen LogP) is 6.47. The van der Waals surface area contributed by atoms with Crippen molar-refractivity contribution in [1.29, 1.82) is 0 Å². The van der Waals surface area contributed by atoms with Gasteiger partial charge in [0.25, 0.3) is 0 Å². The number of amides is 1. The molecule has 4 rings (SSSR count). The van der Waals surface area contributed by atoms with E-state index in [0.717, 1.165) is 28.1 Å². The van der Waals surface area contributed by atoms with E-state index in [1.165, 1.54) is 0 Å². The van der Waals surface area contributed by atoms with Gasteiger partial charge >= 0.3 is 0 Å². The first-order chi connectivity index (χ1) is 13.7. The largest absolute Gasteiger partial charge is 0.294 e. The molecule has 1 unspecified atom stereocenters. The van der Waals surface area contributed by atoms with Crippen LogP contribution in [0.25, 0.3) is 0 Å². The molecule has 1 amide bonds. The Labute approximate surface area is 181 Å². The van der Waals surface area contributed by atoms with E-state index in [4.69, 9.17) is 23.2 Å². The minimum Gasteiger partial charge on any atom is -0.294 e. The zero-order chi connectivity index (χ0) is 20.9. The Morgan fingerprint density at radius 3 is 2.48 bits per heavy atom. The van der Waals surface area contributed by atoms with Crippen molar-refractivity contribution in [3.05, 3.63) is 74.9 Å². The fourth-order valence-corrected chi connectivity index (χ4v) is 5.07. The molecule has 5 heteroatoms. The lowest BCUT2D eigenvalue weighted by molar-refractivity contribution is -0.121. The van der Waals surface area contributed by atoms with E-state index in [1.54, 1.807) is 17.0 Å². The van der Waals surface area contributed by atoms with E-state index >= 15 is 0 Å². The van der Waals surface area contributed by atoms with Crippen LogP contribution in [-0.2, 0) is 9.59 Å². The number of Topliss-reactive ketones (excluding diaryl/α,β-unsaturated/α-hetero) is 1. The van der Waals surface area contributed by atoms with Crippen molar-refractivity contribution in [3.8, 4) is 0 Å². The number of rotatable bonds is 2. The summed E-state index contributed by atoms with van der Waals surface area (Å²) >= 11 is 12.5. The molecule has 0 bridgehead atoms. The molecule has 0 spiro atoms. The highest BCUT2D eigenvalue weighted by molar-refractivity contribution is 6.35. The number of allylic oxidation sites excluding steroid dienone is 2. The highest BCUT2D eigenvalue weighted by Crippen LogP contribution is 2.49. The Kier molecular flexibility index (Phi) is 5.08. The smallest absolute Gasteiger partial charge is 0.232 e. The summed E-state index contributed by atoms with van der Waals surface area (Å²) < 4.78 is 0. The van der Waals surface area contributed by atoms with Crippen molar-refractivity contribution < 1.29 is 9.59 Å². The average Bonchev–Trinajstić information content (AvgIpc) is 2.59. The molecule has 3 nitrogen and oxygen atoms in total. The Hall–Kier alpha value is -2.10. The third kappa shape index (κ3) is 3.74. The number of ketones is 1. The summed E-state index contributed by atoms with van der Waals surface area (Å²) in [7, 11) is 0. The molecule has 0 radical (unpaired) electrons. The number of nitrogens with zero attached hydrogens (tertiary/aromatic N) is 1. The molecular formula is C24H23Cl2NO2. The molecule has 1 aliphatic carbocycles. The summed E-state index contributed by atoms with van der Waals surface area (Å²) in [6.45, 7) is 6.15. The highest BCUT2D eigenvalue weighted by atomic mass is 35.5. The predicted molar refractivity (Wildman–Crippen MR) is 118 cm³/mol. The Morgan fingerprint density at radius 1 is 1.03 bits per heavy atom. The van der Waals surface area contributed by atoms with Gasteiger partial charge in [0.15, 0.2) is 5.78 Å². The molecule has 1 heterocycles. The maximum absolute atomic E-state index is 13.4. The zero-order valence-corrected chi connectivity index (χ0v) is 18.3. The summed E-state index contributed by atoms with van der Waals surface area (Å²) in [4.78, 5) is 28.4. The quantitative estimate of drug-likeness (QED) is 0.550. The lowest BCUT2D eigenvalue weighted by Crippen LogP contribution is -2.43. The Bertz CT molecular complexity index is 1050. The molecule has 0 saturated carbocycles. The lowest BCUT2D eigenvalue weighted by Gasteiger charge is -2.43. The molecule has 2 aromatic rings. The van der Waals surface area contributed by atoms with Gasteiger partial charge in [0.1, 0.15) is 0 Å². The van der Waals surface area contributed by atoms with Crippen LogP contribution in [0.2, 0.25) is 10.0 Å². The van der Waals surface area contributed by atoms with Crippen molar-refractivity contribution in [2.45, 2.75) is 46.0 Å². The molecule has 0 aromatic heterocycles. The number of carbonyl (C=O) groups is 2. The maximum Gasteiger partial charge on any atom is 0.232 e. The second kappa shape index (κ2) is 7.30. The SMILES string of the molecule is Cc1cccc(N2C(=O)CC(c3ccc(Cl)cc3Cl)C3=C2CC(C)(C)CC3=O)c1. The van der Waals surface area contributed by atoms with Gasteiger partial charge in [-0.1, -0.05) is 55.2 Å². The summed E-state index contributed by atoms with van der Waals surface area (Å²) in [5, 5.41) is 1.02. The minimum atomic E-state index is -0.341. The van der Waals surface area contributed by atoms with Gasteiger partial charge < -0.3 is 0 Å². The van der Waals surface area contributed by atoms with Gasteiger partial charge in [-0.2, -0.15) is 0 Å². The number of hydrogen-bond acceptors (Lipinski definition) is 2. The topological polar surface area (TPSA) is 37.4 Å². The number of halogens is 2. The van der Waals surface area contributed by atoms with Crippen LogP contribution in [0, 0.1) is 12.3 Å². The summed E-state index contributed by atoms with van der Waals surface area (Å²) in [5.41, 5.74) is 3.99. The Balaban J connectivity index is 1.92. The molecule has 2 aliphatic rings. The monoisotopic (exact) mass is 427 g/mol. The molecule has 29 heavy (non-hydrogen) atoms. The molecule has 0 N–H and O–H groups in total. The molecule has 0 fully saturated rings. The first-order valence-electron chi connectivity index (χ1n) is 9.77. The maximum atomic E-state index is 13.4. The molecule has 150 valence electrons. The first kappa shape index (κ1) is 20.2. The number of anilines is 1. The number of aryl methyl sites for hydroxylation is 1. The van der Waals surface area contributed by atoms with Crippen molar-refractivity contribution in [2.75, 3.05) is 4.90 Å². The highest BCUT2D eigenvalue weighted by Gasteiger charge is 2.44. The van der Waals surface area contributed by atoms with Crippen LogP contribution in [0.5, 0.6) is 0 Å². The molecule has 1 aliphatic heterocycles. The second-order valence-corrected chi connectivity index (χ2v) is 9.64. The van der Waals surface area contributed by atoms with E-state index in [2.05, 4.69) is 13.8 Å². The third-order valence-electron chi connectivity index (χ3n) is 5.74. The standard InChI is InChI=1S/C24H23Cl2NO2/c1-14-5-4-6-16(9-14)27-20-12-24(2,3)13-21(28)23(20)18(11-22(27)29)17-8-7-15(25)10-19(17)26/h4-10,18H,11-13H2,1-3H3. The lowest BCUT2D eigenvalue weighted by atomic mass is 9.69. The average molecular weight is 428 g/mol. The summed E-state index contributed by atoms with van der Waals surface area (Å²) in [5.74, 6) is -0.264. The van der Waals surface area contributed by atoms with Gasteiger partial charge in [0, 0.05) is 45.8 Å². The van der Waals surface area contributed by atoms with E-state index < -0.39 is 0 Å². The van der Waals surface area contributed by atoms with Gasteiger partial charge in [-0.3, -0.25) is 14.5 Å². The van der Waals surface area contributed by atoms with Gasteiger partial charge in [0.2, 0.25) is 5.91 Å². The molecule has 0 saturated heterocycles. The van der Waals surface area contributed by atoms with Crippen LogP contribution in [0.1, 0.15) is 50.2 Å². The van der Waals surface area contributed by atoms with Gasteiger partial charge in [-0.15, -0.1) is 0 Å². The number of benzene rings is 2. The molecule has 2 aromatic carbocycles. The number of hydrogen-bond donors (Lipinski definition) is 0. The van der Waals surface area contributed by atoms with Crippen LogP contribution >= 0.6 is 23.2 Å². The summed E-state index contributed by atoms with van der Waals surface area (Å²) in [6, 6.07) is 13.1. The van der Waals surface area contributed by atoms with Crippen molar-refractivity contribution in [1.82, 2.24) is 0 Å². The van der Waals surface area contributed by atoms with Crippen molar-refractivity contribution >= 4 is 40.6 Å². The first-order valence-corrected chi connectivity index (χ1v) is 10.5. The molecule has 1 atom stereocenters. The van der Waals surface area contributed by atoms with Gasteiger partial charge in [0.05, 0.1) is 0 Å². The summed E-state index contributed by atoms with van der Waals surface area (Å²) in [6.07, 6.45) is 1.33. The van der Waals surface area contributed by atoms with Crippen LogP contribution < -0.4 is 4.90 Å². The van der Waals surface area contributed by atoms with Crippen LogP contribution in [0.3, 0.4) is 0 Å². The van der Waals surface area contributed by atoms with Crippen molar-refractivity contribution in [2.24, 2.45) is 5.41 Å². The van der Waals surface area contributed by atoms with Gasteiger partial charge in [-0.25, -0.2) is 0 Å². The Morgan fingerprint density at radius 2 is 1.79 bits per heavy atom. The normalized spacial score (nSPS) is 21.4. The van der Waals surface area contributed by atoms with Crippen LogP contribution in [-0.4, -0.2) is 11.7 Å². The van der Waals surface area contributed by atoms with Crippen LogP contribution in [0.15, 0.2) is 53.7 Å². The van der Waals surface area contributed by atoms with E-state index in [9.17, 15) is 9.59 Å². The zero-order valence-electron chi connectivity index (χ0n) is 16.8. The fourth-order valence-electron chi connectivity index (χ4n) is 4.53. The fraction of sp³-hybridized carbons (Fsp3) is 0.333. The van der Waals surface area contributed by atoms with E-state index in [-0.39, 0.29) is 29.4 Å².